The van der Waals surface area contributed by atoms with Gasteiger partial charge in [-0.1, -0.05) is 19.1 Å². The van der Waals surface area contributed by atoms with E-state index in [4.69, 9.17) is 9.84 Å². The second kappa shape index (κ2) is 6.47. The number of hydrogen-bond acceptors (Lipinski definition) is 3. The van der Waals surface area contributed by atoms with Crippen LogP contribution in [0.4, 0.5) is 10.5 Å². The highest BCUT2D eigenvalue weighted by molar-refractivity contribution is 5.91. The Labute approximate surface area is 123 Å². The molecule has 1 heterocycles. The molecule has 21 heavy (non-hydrogen) atoms. The van der Waals surface area contributed by atoms with Gasteiger partial charge in [-0.15, -0.1) is 0 Å². The molecule has 1 aliphatic rings. The average Bonchev–Trinajstić information content (AvgIpc) is 2.83. The number of carbonyl (C=O) groups is 2. The first-order chi connectivity index (χ1) is 10.0. The number of carboxylic acids is 1. The number of rotatable bonds is 4. The van der Waals surface area contributed by atoms with Crippen LogP contribution in [0.1, 0.15) is 13.8 Å². The molecule has 6 nitrogen and oxygen atoms in total. The molecule has 0 saturated carbocycles. The van der Waals surface area contributed by atoms with Crippen LogP contribution in [0.25, 0.3) is 0 Å². The van der Waals surface area contributed by atoms with Gasteiger partial charge in [-0.2, -0.15) is 0 Å². The maximum Gasteiger partial charge on any atom is 0.321 e. The Morgan fingerprint density at radius 2 is 2.10 bits per heavy atom. The Hall–Kier alpha value is -2.24. The third kappa shape index (κ3) is 3.45. The molecule has 0 aromatic heterocycles. The molecule has 2 amide bonds. The second-order valence-corrected chi connectivity index (χ2v) is 5.19. The fraction of sp³-hybridized carbons (Fsp3) is 0.467. The lowest BCUT2D eigenvalue weighted by Gasteiger charge is -2.18. The van der Waals surface area contributed by atoms with Crippen LogP contribution >= 0.6 is 0 Å². The van der Waals surface area contributed by atoms with E-state index >= 15 is 0 Å². The van der Waals surface area contributed by atoms with Crippen LogP contribution in [0.5, 0.6) is 5.75 Å². The summed E-state index contributed by atoms with van der Waals surface area (Å²) in [6.45, 7) is 4.91. The SMILES string of the molecule is CCOc1ccccc1NC(=O)N1CC(C)C(C(=O)O)C1. The van der Waals surface area contributed by atoms with Gasteiger partial charge < -0.3 is 20.1 Å². The number of para-hydroxylation sites is 2. The zero-order valence-corrected chi connectivity index (χ0v) is 12.2. The van der Waals surface area contributed by atoms with Gasteiger partial charge in [0, 0.05) is 13.1 Å². The van der Waals surface area contributed by atoms with E-state index in [1.165, 1.54) is 4.90 Å². The zero-order valence-electron chi connectivity index (χ0n) is 12.2. The van der Waals surface area contributed by atoms with E-state index < -0.39 is 11.9 Å². The molecule has 1 aromatic rings. The molecule has 0 bridgehead atoms. The summed E-state index contributed by atoms with van der Waals surface area (Å²) in [5.41, 5.74) is 0.593. The number of urea groups is 1. The van der Waals surface area contributed by atoms with E-state index in [2.05, 4.69) is 5.32 Å². The van der Waals surface area contributed by atoms with Crippen LogP contribution < -0.4 is 10.1 Å². The van der Waals surface area contributed by atoms with Crippen molar-refractivity contribution in [3.8, 4) is 5.75 Å². The first kappa shape index (κ1) is 15.2. The molecule has 1 aromatic carbocycles. The molecule has 2 rings (SSSR count). The number of ether oxygens (including phenoxy) is 1. The summed E-state index contributed by atoms with van der Waals surface area (Å²) in [7, 11) is 0. The molecule has 0 radical (unpaired) electrons. The number of hydrogen-bond donors (Lipinski definition) is 2. The van der Waals surface area contributed by atoms with Gasteiger partial charge in [0.25, 0.3) is 0 Å². The zero-order chi connectivity index (χ0) is 15.4. The fourth-order valence-corrected chi connectivity index (χ4v) is 2.50. The molecule has 1 saturated heterocycles. The van der Waals surface area contributed by atoms with Gasteiger partial charge in [-0.05, 0) is 25.0 Å². The van der Waals surface area contributed by atoms with Gasteiger partial charge in [-0.25, -0.2) is 4.79 Å². The molecule has 2 N–H and O–H groups in total. The standard InChI is InChI=1S/C15H20N2O4/c1-3-21-13-7-5-4-6-12(13)16-15(20)17-8-10(2)11(9-17)14(18)19/h4-7,10-11H,3,8-9H2,1-2H3,(H,16,20)(H,18,19). The number of amides is 2. The predicted molar refractivity (Wildman–Crippen MR) is 78.5 cm³/mol. The maximum atomic E-state index is 12.3. The first-order valence-corrected chi connectivity index (χ1v) is 7.03. The van der Waals surface area contributed by atoms with Crippen molar-refractivity contribution >= 4 is 17.7 Å². The average molecular weight is 292 g/mol. The van der Waals surface area contributed by atoms with Crippen molar-refractivity contribution in [2.45, 2.75) is 13.8 Å². The molecule has 6 heteroatoms. The highest BCUT2D eigenvalue weighted by Crippen LogP contribution is 2.27. The summed E-state index contributed by atoms with van der Waals surface area (Å²) in [6, 6.07) is 6.89. The minimum atomic E-state index is -0.854. The molecule has 2 unspecified atom stereocenters. The molecular formula is C15H20N2O4. The van der Waals surface area contributed by atoms with Crippen molar-refractivity contribution in [1.29, 1.82) is 0 Å². The number of likely N-dealkylation sites (tertiary alicyclic amines) is 1. The van der Waals surface area contributed by atoms with Gasteiger partial charge in [0.15, 0.2) is 0 Å². The van der Waals surface area contributed by atoms with Crippen LogP contribution in [0.2, 0.25) is 0 Å². The number of benzene rings is 1. The summed E-state index contributed by atoms with van der Waals surface area (Å²) in [4.78, 5) is 24.9. The van der Waals surface area contributed by atoms with Crippen LogP contribution in [0.15, 0.2) is 24.3 Å². The van der Waals surface area contributed by atoms with Crippen molar-refractivity contribution in [2.24, 2.45) is 11.8 Å². The third-order valence-electron chi connectivity index (χ3n) is 3.65. The highest BCUT2D eigenvalue weighted by atomic mass is 16.5. The predicted octanol–water partition coefficient (Wildman–Crippen LogP) is 2.27. The van der Waals surface area contributed by atoms with Crippen molar-refractivity contribution in [3.05, 3.63) is 24.3 Å². The number of carboxylic acid groups (broad SMARTS) is 1. The normalized spacial score (nSPS) is 21.1. The van der Waals surface area contributed by atoms with Crippen LogP contribution in [0.3, 0.4) is 0 Å². The first-order valence-electron chi connectivity index (χ1n) is 7.03. The van der Waals surface area contributed by atoms with Gasteiger partial charge in [0.1, 0.15) is 5.75 Å². The Morgan fingerprint density at radius 3 is 2.71 bits per heavy atom. The Bertz CT molecular complexity index is 532. The lowest BCUT2D eigenvalue weighted by atomic mass is 9.99. The summed E-state index contributed by atoms with van der Waals surface area (Å²) in [5.74, 6) is -0.795. The van der Waals surface area contributed by atoms with E-state index in [9.17, 15) is 9.59 Å². The monoisotopic (exact) mass is 292 g/mol. The molecule has 1 aliphatic heterocycles. The number of aliphatic carboxylic acids is 1. The Kier molecular flexibility index (Phi) is 4.67. The highest BCUT2D eigenvalue weighted by Gasteiger charge is 2.37. The van der Waals surface area contributed by atoms with Crippen LogP contribution in [0, 0.1) is 11.8 Å². The fourth-order valence-electron chi connectivity index (χ4n) is 2.50. The second-order valence-electron chi connectivity index (χ2n) is 5.19. The molecule has 2 atom stereocenters. The van der Waals surface area contributed by atoms with E-state index in [-0.39, 0.29) is 18.5 Å². The number of carbonyl (C=O) groups excluding carboxylic acids is 1. The smallest absolute Gasteiger partial charge is 0.321 e. The van der Waals surface area contributed by atoms with E-state index in [1.54, 1.807) is 12.1 Å². The topological polar surface area (TPSA) is 78.9 Å². The molecule has 0 aliphatic carbocycles. The molecule has 114 valence electrons. The molecule has 0 spiro atoms. The molecule has 1 fully saturated rings. The number of nitrogens with one attached hydrogen (secondary N) is 1. The van der Waals surface area contributed by atoms with E-state index in [1.807, 2.05) is 26.0 Å². The van der Waals surface area contributed by atoms with E-state index in [0.717, 1.165) is 0 Å². The van der Waals surface area contributed by atoms with Gasteiger partial charge in [0.2, 0.25) is 0 Å². The van der Waals surface area contributed by atoms with Gasteiger partial charge in [-0.3, -0.25) is 4.79 Å². The third-order valence-corrected chi connectivity index (χ3v) is 3.65. The lowest BCUT2D eigenvalue weighted by Crippen LogP contribution is -2.34. The lowest BCUT2D eigenvalue weighted by molar-refractivity contribution is -0.142. The summed E-state index contributed by atoms with van der Waals surface area (Å²) >= 11 is 0. The minimum Gasteiger partial charge on any atom is -0.492 e. The van der Waals surface area contributed by atoms with Gasteiger partial charge in [0.05, 0.1) is 18.2 Å². The molecular weight excluding hydrogens is 272 g/mol. The van der Waals surface area contributed by atoms with Gasteiger partial charge >= 0.3 is 12.0 Å². The number of nitrogens with zero attached hydrogens (tertiary/aromatic N) is 1. The summed E-state index contributed by atoms with van der Waals surface area (Å²) < 4.78 is 5.45. The maximum absolute atomic E-state index is 12.3. The van der Waals surface area contributed by atoms with Crippen LogP contribution in [-0.4, -0.2) is 41.7 Å². The van der Waals surface area contributed by atoms with Crippen molar-refractivity contribution in [1.82, 2.24) is 4.90 Å². The van der Waals surface area contributed by atoms with Crippen molar-refractivity contribution in [2.75, 3.05) is 25.0 Å². The quantitative estimate of drug-likeness (QED) is 0.892. The van der Waals surface area contributed by atoms with E-state index in [0.29, 0.717) is 24.6 Å². The Balaban J connectivity index is 2.04. The Morgan fingerprint density at radius 1 is 1.38 bits per heavy atom. The van der Waals surface area contributed by atoms with Crippen LogP contribution in [-0.2, 0) is 4.79 Å². The largest absolute Gasteiger partial charge is 0.492 e. The summed E-state index contributed by atoms with van der Waals surface area (Å²) in [5, 5.41) is 11.9. The summed E-state index contributed by atoms with van der Waals surface area (Å²) in [6.07, 6.45) is 0. The van der Waals surface area contributed by atoms with Crippen molar-refractivity contribution in [3.63, 3.8) is 0 Å². The van der Waals surface area contributed by atoms with Crippen molar-refractivity contribution < 1.29 is 19.4 Å². The minimum absolute atomic E-state index is 0.0459. The number of anilines is 1.